The van der Waals surface area contributed by atoms with Crippen LogP contribution in [0.1, 0.15) is 64.9 Å². The predicted octanol–water partition coefficient (Wildman–Crippen LogP) is 6.06. The van der Waals surface area contributed by atoms with E-state index in [4.69, 9.17) is 0 Å². The molecule has 25 heavy (non-hydrogen) atoms. The van der Waals surface area contributed by atoms with Gasteiger partial charge in [0.2, 0.25) is 0 Å². The van der Waals surface area contributed by atoms with Crippen LogP contribution in [0.3, 0.4) is 0 Å². The zero-order chi connectivity index (χ0) is 17.4. The number of anilines is 1. The van der Waals surface area contributed by atoms with Gasteiger partial charge in [0.25, 0.3) is 0 Å². The summed E-state index contributed by atoms with van der Waals surface area (Å²) in [6.45, 7) is 11.2. The molecule has 0 amide bonds. The number of rotatable bonds is 1. The molecule has 4 bridgehead atoms. The third kappa shape index (κ3) is 2.20. The Morgan fingerprint density at radius 2 is 1.52 bits per heavy atom. The van der Waals surface area contributed by atoms with E-state index in [9.17, 15) is 0 Å². The third-order valence-electron chi connectivity index (χ3n) is 8.91. The average Bonchev–Trinajstić information content (AvgIpc) is 2.55. The second-order valence-corrected chi connectivity index (χ2v) is 10.7. The standard InChI is InChI=1S/C24H35N/c1-16-7-5-6-8-22(16)25-14-17(2)24(15-23(25,3)4)20-10-18-9-19(12-20)13-21(24)11-18/h5-8,17-21H,9-15H2,1-4H3/t17-,18?,19?,20?,21?,24?/m0/s1. The van der Waals surface area contributed by atoms with Crippen molar-refractivity contribution in [2.75, 3.05) is 11.4 Å². The Hall–Kier alpha value is -0.980. The summed E-state index contributed by atoms with van der Waals surface area (Å²) in [7, 11) is 0. The molecule has 1 aromatic rings. The molecule has 1 heteroatoms. The van der Waals surface area contributed by atoms with E-state index in [1.807, 2.05) is 0 Å². The summed E-state index contributed by atoms with van der Waals surface area (Å²) in [5, 5.41) is 0. The molecule has 0 radical (unpaired) electrons. The molecule has 1 atom stereocenters. The Kier molecular flexibility index (Phi) is 3.42. The van der Waals surface area contributed by atoms with Gasteiger partial charge >= 0.3 is 0 Å². The first-order valence-corrected chi connectivity index (χ1v) is 10.7. The second kappa shape index (κ2) is 5.27. The average molecular weight is 338 g/mol. The van der Waals surface area contributed by atoms with Gasteiger partial charge in [-0.3, -0.25) is 0 Å². The van der Waals surface area contributed by atoms with E-state index in [-0.39, 0.29) is 5.54 Å². The topological polar surface area (TPSA) is 3.24 Å². The summed E-state index contributed by atoms with van der Waals surface area (Å²) >= 11 is 0. The van der Waals surface area contributed by atoms with Gasteiger partial charge in [0, 0.05) is 17.8 Å². The Bertz CT molecular complexity index is 644. The fraction of sp³-hybridized carbons (Fsp3) is 0.750. The zero-order valence-corrected chi connectivity index (χ0v) is 16.6. The van der Waals surface area contributed by atoms with Gasteiger partial charge < -0.3 is 4.90 Å². The van der Waals surface area contributed by atoms with Crippen LogP contribution in [0.25, 0.3) is 0 Å². The van der Waals surface area contributed by atoms with Gasteiger partial charge in [0.05, 0.1) is 0 Å². The lowest BCUT2D eigenvalue weighted by atomic mass is 9.40. The molecular formula is C24H35N. The Balaban J connectivity index is 1.51. The summed E-state index contributed by atoms with van der Waals surface area (Å²) in [4.78, 5) is 2.75. The molecular weight excluding hydrogens is 302 g/mol. The lowest BCUT2D eigenvalue weighted by Gasteiger charge is -2.68. The Morgan fingerprint density at radius 3 is 2.12 bits per heavy atom. The van der Waals surface area contributed by atoms with Gasteiger partial charge in [0.1, 0.15) is 0 Å². The molecule has 1 spiro atoms. The van der Waals surface area contributed by atoms with Crippen LogP contribution in [-0.2, 0) is 0 Å². The molecule has 4 saturated carbocycles. The summed E-state index contributed by atoms with van der Waals surface area (Å²) in [5.74, 6) is 5.04. The van der Waals surface area contributed by atoms with Crippen LogP contribution in [0, 0.1) is 41.9 Å². The van der Waals surface area contributed by atoms with Gasteiger partial charge in [-0.25, -0.2) is 0 Å². The quantitative estimate of drug-likeness (QED) is 0.602. The number of hydrogen-bond acceptors (Lipinski definition) is 1. The van der Waals surface area contributed by atoms with E-state index in [1.54, 1.807) is 32.1 Å². The van der Waals surface area contributed by atoms with E-state index in [2.05, 4.69) is 56.9 Å². The lowest BCUT2D eigenvalue weighted by Crippen LogP contribution is -2.66. The molecule has 5 fully saturated rings. The first kappa shape index (κ1) is 16.2. The fourth-order valence-electron chi connectivity index (χ4n) is 8.16. The van der Waals surface area contributed by atoms with Gasteiger partial charge in [0.15, 0.2) is 0 Å². The number of aryl methyl sites for hydroxylation is 1. The summed E-state index contributed by atoms with van der Waals surface area (Å²) in [5.41, 5.74) is 3.81. The van der Waals surface area contributed by atoms with Gasteiger partial charge in [-0.2, -0.15) is 0 Å². The molecule has 1 aromatic carbocycles. The maximum absolute atomic E-state index is 2.75. The fourth-order valence-corrected chi connectivity index (χ4v) is 8.16. The van der Waals surface area contributed by atoms with Crippen molar-refractivity contribution in [2.45, 2.75) is 71.8 Å². The van der Waals surface area contributed by atoms with E-state index < -0.39 is 0 Å². The van der Waals surface area contributed by atoms with E-state index in [1.165, 1.54) is 24.2 Å². The summed E-state index contributed by atoms with van der Waals surface area (Å²) in [6.07, 6.45) is 9.19. The van der Waals surface area contributed by atoms with Crippen LogP contribution < -0.4 is 4.90 Å². The number of nitrogens with zero attached hydrogens (tertiary/aromatic N) is 1. The summed E-state index contributed by atoms with van der Waals surface area (Å²) < 4.78 is 0. The van der Waals surface area contributed by atoms with Crippen LogP contribution in [0.4, 0.5) is 5.69 Å². The number of hydrogen-bond donors (Lipinski definition) is 0. The minimum absolute atomic E-state index is 0.272. The van der Waals surface area contributed by atoms with Crippen molar-refractivity contribution in [1.29, 1.82) is 0 Å². The van der Waals surface area contributed by atoms with Crippen LogP contribution in [-0.4, -0.2) is 12.1 Å². The van der Waals surface area contributed by atoms with Crippen molar-refractivity contribution >= 4 is 5.69 Å². The van der Waals surface area contributed by atoms with Crippen LogP contribution in [0.15, 0.2) is 24.3 Å². The van der Waals surface area contributed by atoms with Crippen molar-refractivity contribution in [2.24, 2.45) is 35.0 Å². The second-order valence-electron chi connectivity index (χ2n) is 10.7. The van der Waals surface area contributed by atoms with E-state index in [0.717, 1.165) is 29.6 Å². The Morgan fingerprint density at radius 1 is 0.920 bits per heavy atom. The molecule has 5 aliphatic rings. The van der Waals surface area contributed by atoms with Crippen LogP contribution >= 0.6 is 0 Å². The SMILES string of the molecule is Cc1ccccc1N1C[C@H](C)C2(CC1(C)C)C1CC3CC(C1)CC2C3. The predicted molar refractivity (Wildman–Crippen MR) is 106 cm³/mol. The molecule has 1 saturated heterocycles. The molecule has 6 rings (SSSR count). The van der Waals surface area contributed by atoms with E-state index >= 15 is 0 Å². The highest BCUT2D eigenvalue weighted by Gasteiger charge is 2.62. The first-order chi connectivity index (χ1) is 11.9. The maximum atomic E-state index is 2.75. The lowest BCUT2D eigenvalue weighted by molar-refractivity contribution is -0.157. The van der Waals surface area contributed by atoms with Crippen molar-refractivity contribution < 1.29 is 0 Å². The van der Waals surface area contributed by atoms with Crippen LogP contribution in [0.5, 0.6) is 0 Å². The third-order valence-corrected chi connectivity index (χ3v) is 8.91. The molecule has 1 nitrogen and oxygen atoms in total. The maximum Gasteiger partial charge on any atom is 0.0400 e. The highest BCUT2D eigenvalue weighted by Crippen LogP contribution is 2.68. The Labute approximate surface area is 154 Å². The monoisotopic (exact) mass is 337 g/mol. The molecule has 136 valence electrons. The van der Waals surface area contributed by atoms with Gasteiger partial charge in [-0.1, -0.05) is 25.1 Å². The molecule has 4 aliphatic carbocycles. The van der Waals surface area contributed by atoms with Crippen molar-refractivity contribution in [3.05, 3.63) is 29.8 Å². The molecule has 0 N–H and O–H groups in total. The smallest absolute Gasteiger partial charge is 0.0400 e. The molecule has 1 heterocycles. The number of para-hydroxylation sites is 1. The van der Waals surface area contributed by atoms with Crippen molar-refractivity contribution in [3.63, 3.8) is 0 Å². The van der Waals surface area contributed by atoms with Gasteiger partial charge in [-0.05, 0) is 106 Å². The molecule has 0 aromatic heterocycles. The normalized spacial score (nSPS) is 44.5. The largest absolute Gasteiger partial charge is 0.366 e. The minimum Gasteiger partial charge on any atom is -0.366 e. The van der Waals surface area contributed by atoms with E-state index in [0.29, 0.717) is 5.41 Å². The molecule has 1 aliphatic heterocycles. The number of piperidine rings is 1. The summed E-state index contributed by atoms with van der Waals surface area (Å²) in [6, 6.07) is 9.02. The highest BCUT2D eigenvalue weighted by molar-refractivity contribution is 5.55. The van der Waals surface area contributed by atoms with Crippen molar-refractivity contribution in [3.8, 4) is 0 Å². The zero-order valence-electron chi connectivity index (χ0n) is 16.6. The van der Waals surface area contributed by atoms with Crippen molar-refractivity contribution in [1.82, 2.24) is 0 Å². The number of benzene rings is 1. The first-order valence-electron chi connectivity index (χ1n) is 10.7. The van der Waals surface area contributed by atoms with Gasteiger partial charge in [-0.15, -0.1) is 0 Å². The van der Waals surface area contributed by atoms with Crippen LogP contribution in [0.2, 0.25) is 0 Å². The minimum atomic E-state index is 0.272. The molecule has 0 unspecified atom stereocenters. The highest BCUT2D eigenvalue weighted by atomic mass is 15.2.